The van der Waals surface area contributed by atoms with Crippen molar-refractivity contribution in [3.63, 3.8) is 0 Å². The molecule has 0 radical (unpaired) electrons. The van der Waals surface area contributed by atoms with Crippen molar-refractivity contribution in [2.24, 2.45) is 0 Å². The average Bonchev–Trinajstić information content (AvgIpc) is 3.40. The summed E-state index contributed by atoms with van der Waals surface area (Å²) in [5.41, 5.74) is 2.87. The third-order valence-electron chi connectivity index (χ3n) is 6.55. The van der Waals surface area contributed by atoms with Gasteiger partial charge in [0, 0.05) is 33.7 Å². The standard InChI is InChI=1S/C28H41N3O5S/c1-22-18-26(34-5)19-23(2)28(22)37(33)30(4)14-16-35-21-27(32)29(3)20-24-8-10-25(11-9-24)36-17-15-31-12-6-7-13-31/h8-11,18-19H,6-7,12-17,20-21H2,1-5H3. The SMILES string of the molecule is COc1cc(C)c(S(=O)N(C)CCOCC(=O)N(C)Cc2ccc(OCCN3CCCC3)cc2)c(C)c1. The van der Waals surface area contributed by atoms with Crippen LogP contribution in [-0.2, 0) is 27.1 Å². The van der Waals surface area contributed by atoms with Crippen LogP contribution in [0.5, 0.6) is 11.5 Å². The van der Waals surface area contributed by atoms with Crippen LogP contribution in [0.1, 0.15) is 29.5 Å². The first kappa shape index (κ1) is 29.1. The Balaban J connectivity index is 1.36. The number of carbonyl (C=O) groups is 1. The Kier molecular flexibility index (Phi) is 11.4. The first-order valence-corrected chi connectivity index (χ1v) is 13.9. The highest BCUT2D eigenvalue weighted by atomic mass is 32.2. The summed E-state index contributed by atoms with van der Waals surface area (Å²) in [6.45, 7) is 9.08. The van der Waals surface area contributed by atoms with Crippen LogP contribution in [0.4, 0.5) is 0 Å². The maximum Gasteiger partial charge on any atom is 0.248 e. The summed E-state index contributed by atoms with van der Waals surface area (Å²) < 4.78 is 31.5. The second-order valence-corrected chi connectivity index (χ2v) is 11.1. The van der Waals surface area contributed by atoms with Crippen LogP contribution >= 0.6 is 0 Å². The van der Waals surface area contributed by atoms with E-state index in [-0.39, 0.29) is 12.5 Å². The summed E-state index contributed by atoms with van der Waals surface area (Å²) in [5.74, 6) is 1.50. The highest BCUT2D eigenvalue weighted by Gasteiger charge is 2.17. The van der Waals surface area contributed by atoms with Crippen molar-refractivity contribution in [2.75, 3.05) is 67.2 Å². The third kappa shape index (κ3) is 8.81. The number of likely N-dealkylation sites (N-methyl/N-ethyl adjacent to an activating group) is 2. The van der Waals surface area contributed by atoms with Gasteiger partial charge in [-0.1, -0.05) is 12.1 Å². The fourth-order valence-corrected chi connectivity index (χ4v) is 5.58. The topological polar surface area (TPSA) is 71.5 Å². The van der Waals surface area contributed by atoms with Crippen LogP contribution in [0.3, 0.4) is 0 Å². The van der Waals surface area contributed by atoms with E-state index in [0.717, 1.165) is 39.6 Å². The quantitative estimate of drug-likeness (QED) is 0.348. The van der Waals surface area contributed by atoms with Gasteiger partial charge in [0.1, 0.15) is 35.7 Å². The van der Waals surface area contributed by atoms with Crippen LogP contribution in [0.25, 0.3) is 0 Å². The summed E-state index contributed by atoms with van der Waals surface area (Å²) in [4.78, 5) is 17.4. The van der Waals surface area contributed by atoms with E-state index in [1.54, 1.807) is 30.4 Å². The molecule has 1 aliphatic heterocycles. The maximum atomic E-state index is 13.0. The second kappa shape index (κ2) is 14.5. The Morgan fingerprint density at radius 2 is 1.65 bits per heavy atom. The molecule has 1 atom stereocenters. The molecule has 0 bridgehead atoms. The smallest absolute Gasteiger partial charge is 0.248 e. The molecule has 0 saturated carbocycles. The molecule has 204 valence electrons. The number of hydrogen-bond donors (Lipinski definition) is 0. The molecule has 1 unspecified atom stereocenters. The fraction of sp³-hybridized carbons (Fsp3) is 0.536. The van der Waals surface area contributed by atoms with Crippen molar-refractivity contribution < 1.29 is 23.2 Å². The number of hydrogen-bond acceptors (Lipinski definition) is 6. The van der Waals surface area contributed by atoms with Crippen molar-refractivity contribution in [2.45, 2.75) is 38.1 Å². The van der Waals surface area contributed by atoms with Gasteiger partial charge in [-0.25, -0.2) is 8.51 Å². The summed E-state index contributed by atoms with van der Waals surface area (Å²) in [6, 6.07) is 11.7. The zero-order valence-corrected chi connectivity index (χ0v) is 23.6. The molecule has 3 rings (SSSR count). The fourth-order valence-electron chi connectivity index (χ4n) is 4.36. The zero-order chi connectivity index (χ0) is 26.8. The number of ether oxygens (including phenoxy) is 3. The molecule has 1 heterocycles. The number of rotatable bonds is 14. The molecule has 0 aliphatic carbocycles. The zero-order valence-electron chi connectivity index (χ0n) is 22.8. The summed E-state index contributed by atoms with van der Waals surface area (Å²) in [6.07, 6.45) is 2.57. The van der Waals surface area contributed by atoms with E-state index in [4.69, 9.17) is 14.2 Å². The maximum absolute atomic E-state index is 13.0. The van der Waals surface area contributed by atoms with Gasteiger partial charge in [0.2, 0.25) is 5.91 Å². The van der Waals surface area contributed by atoms with Crippen LogP contribution in [0, 0.1) is 13.8 Å². The third-order valence-corrected chi connectivity index (χ3v) is 8.29. The normalized spacial score (nSPS) is 14.6. The van der Waals surface area contributed by atoms with Crippen LogP contribution in [0.2, 0.25) is 0 Å². The van der Waals surface area contributed by atoms with E-state index in [2.05, 4.69) is 4.90 Å². The number of methoxy groups -OCH3 is 1. The Hall–Kier alpha value is -2.46. The molecule has 0 spiro atoms. The van der Waals surface area contributed by atoms with E-state index in [1.807, 2.05) is 50.2 Å². The van der Waals surface area contributed by atoms with Gasteiger partial charge >= 0.3 is 0 Å². The molecule has 1 aliphatic rings. The number of benzene rings is 2. The minimum atomic E-state index is -1.33. The molecule has 2 aromatic carbocycles. The van der Waals surface area contributed by atoms with Crippen molar-refractivity contribution in [3.8, 4) is 11.5 Å². The lowest BCUT2D eigenvalue weighted by molar-refractivity contribution is -0.135. The molecule has 1 fully saturated rings. The van der Waals surface area contributed by atoms with Gasteiger partial charge < -0.3 is 19.1 Å². The molecule has 2 aromatic rings. The highest BCUT2D eigenvalue weighted by Crippen LogP contribution is 2.25. The van der Waals surface area contributed by atoms with E-state index >= 15 is 0 Å². The minimum Gasteiger partial charge on any atom is -0.497 e. The Labute approximate surface area is 224 Å². The average molecular weight is 532 g/mol. The van der Waals surface area contributed by atoms with Crippen LogP contribution < -0.4 is 9.47 Å². The monoisotopic (exact) mass is 531 g/mol. The predicted molar refractivity (Wildman–Crippen MR) is 146 cm³/mol. The molecule has 37 heavy (non-hydrogen) atoms. The molecular weight excluding hydrogens is 490 g/mol. The van der Waals surface area contributed by atoms with Crippen molar-refractivity contribution in [3.05, 3.63) is 53.1 Å². The molecule has 9 heteroatoms. The minimum absolute atomic E-state index is 0.0186. The molecular formula is C28H41N3O5S. The molecule has 0 N–H and O–H groups in total. The summed E-state index contributed by atoms with van der Waals surface area (Å²) >= 11 is 0. The van der Waals surface area contributed by atoms with E-state index in [9.17, 15) is 9.00 Å². The first-order chi connectivity index (χ1) is 17.8. The number of aryl methyl sites for hydroxylation is 2. The van der Waals surface area contributed by atoms with E-state index in [0.29, 0.717) is 26.3 Å². The number of carbonyl (C=O) groups excluding carboxylic acids is 1. The lowest BCUT2D eigenvalue weighted by Crippen LogP contribution is -2.32. The second-order valence-electron chi connectivity index (χ2n) is 9.53. The lowest BCUT2D eigenvalue weighted by Gasteiger charge is -2.20. The summed E-state index contributed by atoms with van der Waals surface area (Å²) in [5, 5.41) is 0. The van der Waals surface area contributed by atoms with Gasteiger partial charge in [0.15, 0.2) is 0 Å². The van der Waals surface area contributed by atoms with Gasteiger partial charge in [-0.2, -0.15) is 0 Å². The Morgan fingerprint density at radius 1 is 1.00 bits per heavy atom. The van der Waals surface area contributed by atoms with E-state index in [1.165, 1.54) is 25.9 Å². The molecule has 1 saturated heterocycles. The number of nitrogens with zero attached hydrogens (tertiary/aromatic N) is 3. The van der Waals surface area contributed by atoms with Crippen molar-refractivity contribution in [1.29, 1.82) is 0 Å². The Morgan fingerprint density at radius 3 is 2.27 bits per heavy atom. The lowest BCUT2D eigenvalue weighted by atomic mass is 10.1. The Bertz CT molecular complexity index is 1020. The van der Waals surface area contributed by atoms with Gasteiger partial charge in [-0.15, -0.1) is 0 Å². The van der Waals surface area contributed by atoms with Crippen LogP contribution in [0.15, 0.2) is 41.3 Å². The number of likely N-dealkylation sites (tertiary alicyclic amines) is 1. The van der Waals surface area contributed by atoms with Gasteiger partial charge in [-0.3, -0.25) is 9.69 Å². The van der Waals surface area contributed by atoms with Gasteiger partial charge in [-0.05, 0) is 80.7 Å². The number of amides is 1. The molecule has 1 amide bonds. The largest absolute Gasteiger partial charge is 0.497 e. The van der Waals surface area contributed by atoms with Crippen LogP contribution in [-0.4, -0.2) is 91.4 Å². The predicted octanol–water partition coefficient (Wildman–Crippen LogP) is 3.42. The van der Waals surface area contributed by atoms with Gasteiger partial charge in [0.05, 0.1) is 18.6 Å². The van der Waals surface area contributed by atoms with Gasteiger partial charge in [0.25, 0.3) is 0 Å². The molecule has 8 nitrogen and oxygen atoms in total. The van der Waals surface area contributed by atoms with Crippen molar-refractivity contribution >= 4 is 16.9 Å². The summed E-state index contributed by atoms with van der Waals surface area (Å²) in [7, 11) is 3.85. The first-order valence-electron chi connectivity index (χ1n) is 12.8. The van der Waals surface area contributed by atoms with Crippen molar-refractivity contribution in [1.82, 2.24) is 14.1 Å². The highest BCUT2D eigenvalue weighted by molar-refractivity contribution is 7.82. The van der Waals surface area contributed by atoms with E-state index < -0.39 is 11.0 Å². The molecule has 0 aromatic heterocycles.